The Labute approximate surface area is 139 Å². The van der Waals surface area contributed by atoms with Crippen molar-refractivity contribution in [2.75, 3.05) is 40.5 Å². The van der Waals surface area contributed by atoms with Crippen molar-refractivity contribution in [2.24, 2.45) is 5.92 Å². The van der Waals surface area contributed by atoms with Crippen LogP contribution in [0.3, 0.4) is 0 Å². The summed E-state index contributed by atoms with van der Waals surface area (Å²) in [6, 6.07) is 8.41. The zero-order valence-corrected chi connectivity index (χ0v) is 14.4. The van der Waals surface area contributed by atoms with Gasteiger partial charge < -0.3 is 14.2 Å². The van der Waals surface area contributed by atoms with E-state index in [1.165, 1.54) is 12.0 Å². The Balaban J connectivity index is 1.53. The Morgan fingerprint density at radius 3 is 2.57 bits per heavy atom. The molecule has 0 bridgehead atoms. The topological polar surface area (TPSA) is 30.9 Å². The fraction of sp³-hybridized carbons (Fsp3) is 0.684. The summed E-state index contributed by atoms with van der Waals surface area (Å²) in [7, 11) is 3.50. The lowest BCUT2D eigenvalue weighted by molar-refractivity contribution is -0.0721. The predicted molar refractivity (Wildman–Crippen MR) is 90.8 cm³/mol. The first-order valence-corrected chi connectivity index (χ1v) is 8.74. The zero-order valence-electron chi connectivity index (χ0n) is 14.4. The van der Waals surface area contributed by atoms with E-state index in [9.17, 15) is 0 Å². The maximum absolute atomic E-state index is 6.22. The third kappa shape index (κ3) is 3.87. The highest BCUT2D eigenvalue weighted by Gasteiger charge is 2.45. The number of likely N-dealkylation sites (tertiary alicyclic amines) is 1. The number of benzene rings is 1. The molecule has 0 amide bonds. The normalized spacial score (nSPS) is 24.2. The van der Waals surface area contributed by atoms with Gasteiger partial charge in [-0.1, -0.05) is 12.1 Å². The van der Waals surface area contributed by atoms with E-state index in [4.69, 9.17) is 14.2 Å². The molecule has 2 aliphatic rings. The molecule has 0 aromatic heterocycles. The second-order valence-corrected chi connectivity index (χ2v) is 6.80. The molecule has 4 heteroatoms. The Morgan fingerprint density at radius 2 is 1.91 bits per heavy atom. The number of piperidine rings is 1. The second kappa shape index (κ2) is 7.65. The van der Waals surface area contributed by atoms with Gasteiger partial charge in [-0.15, -0.1) is 0 Å². The molecule has 1 aromatic carbocycles. The fourth-order valence-corrected chi connectivity index (χ4v) is 4.08. The van der Waals surface area contributed by atoms with Gasteiger partial charge in [-0.2, -0.15) is 0 Å². The third-order valence-corrected chi connectivity index (χ3v) is 5.54. The van der Waals surface area contributed by atoms with Crippen LogP contribution in [0, 0.1) is 5.92 Å². The van der Waals surface area contributed by atoms with E-state index in [0.717, 1.165) is 57.9 Å². The first-order valence-electron chi connectivity index (χ1n) is 8.74. The van der Waals surface area contributed by atoms with E-state index < -0.39 is 0 Å². The highest BCUT2D eigenvalue weighted by atomic mass is 16.5. The van der Waals surface area contributed by atoms with Gasteiger partial charge in [0.25, 0.3) is 0 Å². The molecule has 2 heterocycles. The van der Waals surface area contributed by atoms with Crippen molar-refractivity contribution >= 4 is 0 Å². The van der Waals surface area contributed by atoms with Gasteiger partial charge in [-0.3, -0.25) is 4.90 Å². The summed E-state index contributed by atoms with van der Waals surface area (Å²) in [5.41, 5.74) is 1.47. The Hall–Kier alpha value is -1.10. The minimum Gasteiger partial charge on any atom is -0.497 e. The fourth-order valence-electron chi connectivity index (χ4n) is 4.08. The van der Waals surface area contributed by atoms with Crippen molar-refractivity contribution in [1.29, 1.82) is 0 Å². The van der Waals surface area contributed by atoms with Crippen LogP contribution in [0.25, 0.3) is 0 Å². The Morgan fingerprint density at radius 1 is 1.17 bits per heavy atom. The average Bonchev–Trinajstić information content (AvgIpc) is 2.98. The molecule has 0 saturated carbocycles. The van der Waals surface area contributed by atoms with Gasteiger partial charge in [0.15, 0.2) is 0 Å². The largest absolute Gasteiger partial charge is 0.497 e. The summed E-state index contributed by atoms with van der Waals surface area (Å²) in [6.07, 6.45) is 4.63. The minimum absolute atomic E-state index is 0.120. The van der Waals surface area contributed by atoms with Crippen molar-refractivity contribution in [3.8, 4) is 5.75 Å². The number of rotatable bonds is 6. The quantitative estimate of drug-likeness (QED) is 0.806. The molecule has 0 aliphatic carbocycles. The van der Waals surface area contributed by atoms with Crippen LogP contribution in [0.15, 0.2) is 24.3 Å². The van der Waals surface area contributed by atoms with Gasteiger partial charge in [-0.05, 0) is 49.3 Å². The SMILES string of the molecule is COCCC1CCOC12CCN(Cc1ccc(OC)cc1)CC2. The molecule has 1 atom stereocenters. The molecule has 23 heavy (non-hydrogen) atoms. The molecule has 2 saturated heterocycles. The van der Waals surface area contributed by atoms with E-state index in [2.05, 4.69) is 17.0 Å². The van der Waals surface area contributed by atoms with Gasteiger partial charge >= 0.3 is 0 Å². The lowest BCUT2D eigenvalue weighted by Gasteiger charge is -2.42. The van der Waals surface area contributed by atoms with Crippen molar-refractivity contribution in [2.45, 2.75) is 37.8 Å². The average molecular weight is 319 g/mol. The molecule has 0 radical (unpaired) electrons. The van der Waals surface area contributed by atoms with Crippen LogP contribution in [0.2, 0.25) is 0 Å². The van der Waals surface area contributed by atoms with Gasteiger partial charge in [0.1, 0.15) is 5.75 Å². The number of ether oxygens (including phenoxy) is 3. The van der Waals surface area contributed by atoms with Crippen molar-refractivity contribution in [3.63, 3.8) is 0 Å². The standard InChI is InChI=1S/C19H29NO3/c1-21-13-7-17-8-14-23-19(17)9-11-20(12-10-19)15-16-3-5-18(22-2)6-4-16/h3-6,17H,7-15H2,1-2H3. The molecule has 3 rings (SSSR count). The van der Waals surface area contributed by atoms with Gasteiger partial charge in [-0.25, -0.2) is 0 Å². The molecule has 2 fully saturated rings. The number of nitrogens with zero attached hydrogens (tertiary/aromatic N) is 1. The van der Waals surface area contributed by atoms with Gasteiger partial charge in [0, 0.05) is 40.0 Å². The molecule has 4 nitrogen and oxygen atoms in total. The summed E-state index contributed by atoms with van der Waals surface area (Å²) in [4.78, 5) is 2.54. The predicted octanol–water partition coefficient (Wildman–Crippen LogP) is 3.10. The Kier molecular flexibility index (Phi) is 5.57. The first-order chi connectivity index (χ1) is 11.3. The number of hydrogen-bond donors (Lipinski definition) is 0. The van der Waals surface area contributed by atoms with E-state index >= 15 is 0 Å². The lowest BCUT2D eigenvalue weighted by atomic mass is 9.78. The van der Waals surface area contributed by atoms with Crippen LogP contribution >= 0.6 is 0 Å². The second-order valence-electron chi connectivity index (χ2n) is 6.80. The third-order valence-electron chi connectivity index (χ3n) is 5.54. The zero-order chi connectivity index (χ0) is 16.1. The van der Waals surface area contributed by atoms with Gasteiger partial charge in [0.2, 0.25) is 0 Å². The lowest BCUT2D eigenvalue weighted by Crippen LogP contribution is -2.47. The molecule has 1 aromatic rings. The smallest absolute Gasteiger partial charge is 0.118 e. The summed E-state index contributed by atoms with van der Waals surface area (Å²) < 4.78 is 16.7. The number of hydrogen-bond acceptors (Lipinski definition) is 4. The van der Waals surface area contributed by atoms with Gasteiger partial charge in [0.05, 0.1) is 12.7 Å². The maximum atomic E-state index is 6.22. The summed E-state index contributed by atoms with van der Waals surface area (Å²) >= 11 is 0. The molecule has 1 spiro atoms. The van der Waals surface area contributed by atoms with Crippen LogP contribution in [-0.2, 0) is 16.0 Å². The highest BCUT2D eigenvalue weighted by molar-refractivity contribution is 5.27. The molecule has 0 N–H and O–H groups in total. The van der Waals surface area contributed by atoms with Crippen LogP contribution in [0.1, 0.15) is 31.2 Å². The molecular weight excluding hydrogens is 290 g/mol. The monoisotopic (exact) mass is 319 g/mol. The highest BCUT2D eigenvalue weighted by Crippen LogP contribution is 2.42. The Bertz CT molecular complexity index is 480. The van der Waals surface area contributed by atoms with Crippen molar-refractivity contribution < 1.29 is 14.2 Å². The summed E-state index contributed by atoms with van der Waals surface area (Å²) in [6.45, 7) is 5.03. The minimum atomic E-state index is 0.120. The summed E-state index contributed by atoms with van der Waals surface area (Å²) in [5, 5.41) is 0. The molecule has 128 valence electrons. The van der Waals surface area contributed by atoms with E-state index in [1.54, 1.807) is 14.2 Å². The van der Waals surface area contributed by atoms with Crippen molar-refractivity contribution in [3.05, 3.63) is 29.8 Å². The van der Waals surface area contributed by atoms with E-state index in [0.29, 0.717) is 5.92 Å². The number of methoxy groups -OCH3 is 2. The van der Waals surface area contributed by atoms with Crippen molar-refractivity contribution in [1.82, 2.24) is 4.90 Å². The molecule has 1 unspecified atom stereocenters. The maximum Gasteiger partial charge on any atom is 0.118 e. The van der Waals surface area contributed by atoms with Crippen LogP contribution in [0.5, 0.6) is 5.75 Å². The molecule has 2 aliphatic heterocycles. The van der Waals surface area contributed by atoms with Crippen LogP contribution < -0.4 is 4.74 Å². The van der Waals surface area contributed by atoms with E-state index in [-0.39, 0.29) is 5.60 Å². The summed E-state index contributed by atoms with van der Waals surface area (Å²) in [5.74, 6) is 1.59. The van der Waals surface area contributed by atoms with E-state index in [1.807, 2.05) is 12.1 Å². The van der Waals surface area contributed by atoms with Crippen LogP contribution in [-0.4, -0.2) is 51.0 Å². The molecular formula is C19H29NO3. The first kappa shape index (κ1) is 16.7. The van der Waals surface area contributed by atoms with Crippen LogP contribution in [0.4, 0.5) is 0 Å².